The minimum absolute atomic E-state index is 0.00463. The Hall–Kier alpha value is -9.03. The van der Waals surface area contributed by atoms with Gasteiger partial charge in [0, 0.05) is 91.3 Å². The number of aliphatic hydroxyl groups is 1. The zero-order chi connectivity index (χ0) is 80.9. The molecule has 0 radical (unpaired) electrons. The summed E-state index contributed by atoms with van der Waals surface area (Å²) < 4.78 is 52.9. The predicted octanol–water partition coefficient (Wildman–Crippen LogP) is 4.30. The summed E-state index contributed by atoms with van der Waals surface area (Å²) in [6.07, 6.45) is 0.315. The highest BCUT2D eigenvalue weighted by Gasteiger charge is 2.50. The number of carboxylic acids is 2. The Labute approximate surface area is 606 Å². The molecular weight excluding hydrogens is 1370 g/mol. The highest BCUT2D eigenvalue weighted by molar-refractivity contribution is 6.00. The van der Waals surface area contributed by atoms with Crippen LogP contribution in [0.5, 0.6) is 0 Å². The molecule has 104 heavy (non-hydrogen) atoms. The molecule has 0 aromatic carbocycles. The number of aliphatic carboxylic acids is 2. The second kappa shape index (κ2) is 52.8. The van der Waals surface area contributed by atoms with Crippen molar-refractivity contribution >= 4 is 82.4 Å². The lowest BCUT2D eigenvalue weighted by molar-refractivity contribution is -0.147. The van der Waals surface area contributed by atoms with Crippen LogP contribution in [-0.2, 0) is 90.6 Å². The number of aromatic nitrogens is 3. The fourth-order valence-corrected chi connectivity index (χ4v) is 8.06. The van der Waals surface area contributed by atoms with Crippen LogP contribution in [-0.4, -0.2) is 233 Å². The Morgan fingerprint density at radius 1 is 0.433 bits per heavy atom. The van der Waals surface area contributed by atoms with Gasteiger partial charge in [-0.25, -0.2) is 0 Å². The SMILES string of the molecule is CC(C)C(=O)O.CO.COC(=O)C(C)C.COC[C@H](C)C(=O)C[C@@H](C)C(=O)OC.COC[C@H](NC(=O)c1cc(C)on1)C(=O)C[C@@H](C)C(=O)N[C@@H](CC(C)C)C(=O)[C@@]1(C)CO1.COC[C@H](NC(=O)c1cc(C)on1)C(=O)C[C@@H](C)C(=O)O.COC[C@H](NC(=O)c1cc(C)on1)C(=O)C[C@@H](C)C(=O)OC. The van der Waals surface area contributed by atoms with Crippen molar-refractivity contribution in [2.45, 2.75) is 166 Å². The molecule has 7 N–H and O–H groups in total. The van der Waals surface area contributed by atoms with Crippen LogP contribution in [0, 0.1) is 68.1 Å². The highest BCUT2D eigenvalue weighted by atomic mass is 16.6. The Balaban J connectivity index is -0.00000126. The molecule has 0 saturated carbocycles. The zero-order valence-corrected chi connectivity index (χ0v) is 64.1. The standard InChI is InChI=1S/C22H33N3O7.C14H20N2O6.C13H18N2O6.C10H18O4.C5H10O2.C4H8O2.CH4O/c1-12(2)7-15(19(27)22(5)11-31-22)23-20(28)13(3)8-18(26)17(10-30-6)24-21(29)16-9-14(4)32-25-16;1-8(14(19)21-4)5-12(17)11(7-20-3)15-13(18)10-6-9(2)22-16-10;1-7(13(18)19)4-11(16)10(6-20-3)14-12(17)9-5-8(2)21-15-9;1-7(10(12)14-4)5-9(11)8(2)6-13-3;1-4(2)5(6)7-3;1-3(2)4(5)6;1-2/h9,12-13,15,17H,7-8,10-11H2,1-6H3,(H,23,28)(H,24,29);6,8,11H,5,7H2,1-4H3,(H,15,18);5,7,10H,4,6H2,1-3H3,(H,14,17)(H,18,19);7-8H,5-6H2,1-4H3;4H,1-3H3;3H,1-2H3,(H,5,6);2H,1H3/t13-,15+,17+,22-;8-,11+;7-,10+;7-,8+;;;/m1111.../s1. The number of aliphatic hydroxyl groups excluding tert-OH is 1. The van der Waals surface area contributed by atoms with Crippen LogP contribution in [0.4, 0.5) is 0 Å². The van der Waals surface area contributed by atoms with Crippen molar-refractivity contribution in [3.63, 3.8) is 0 Å². The Morgan fingerprint density at radius 2 is 0.740 bits per heavy atom. The zero-order valence-electron chi connectivity index (χ0n) is 64.1. The predicted molar refractivity (Wildman–Crippen MR) is 369 cm³/mol. The molecule has 1 saturated heterocycles. The maximum absolute atomic E-state index is 12.8. The summed E-state index contributed by atoms with van der Waals surface area (Å²) in [4.78, 5) is 163. The Morgan fingerprint density at radius 3 is 0.981 bits per heavy atom. The van der Waals surface area contributed by atoms with Crippen molar-refractivity contribution in [1.82, 2.24) is 36.7 Å². The van der Waals surface area contributed by atoms with Crippen molar-refractivity contribution in [1.29, 1.82) is 0 Å². The summed E-state index contributed by atoms with van der Waals surface area (Å²) in [5.41, 5.74) is -0.674. The van der Waals surface area contributed by atoms with Crippen LogP contribution in [0.25, 0.3) is 0 Å². The molecular formula is C69H111N7O28. The van der Waals surface area contributed by atoms with Gasteiger partial charge in [-0.1, -0.05) is 91.6 Å². The van der Waals surface area contributed by atoms with E-state index in [9.17, 15) is 67.1 Å². The fourth-order valence-electron chi connectivity index (χ4n) is 8.06. The average molecular weight is 1490 g/mol. The van der Waals surface area contributed by atoms with E-state index in [4.69, 9.17) is 52.6 Å². The van der Waals surface area contributed by atoms with Crippen molar-refractivity contribution in [2.24, 2.45) is 47.3 Å². The first-order valence-electron chi connectivity index (χ1n) is 33.0. The summed E-state index contributed by atoms with van der Waals surface area (Å²) in [6.45, 7) is 26.1. The molecule has 35 heteroatoms. The molecule has 4 amide bonds. The van der Waals surface area contributed by atoms with Crippen LogP contribution in [0.1, 0.15) is 164 Å². The van der Waals surface area contributed by atoms with E-state index in [1.807, 2.05) is 13.8 Å². The molecule has 1 aliphatic heterocycles. The number of amides is 4. The first kappa shape index (κ1) is 99.1. The molecule has 4 heterocycles. The van der Waals surface area contributed by atoms with Gasteiger partial charge in [0.05, 0.1) is 90.0 Å². The molecule has 0 bridgehead atoms. The van der Waals surface area contributed by atoms with Crippen molar-refractivity contribution in [2.75, 3.05) is 89.9 Å². The van der Waals surface area contributed by atoms with Crippen LogP contribution >= 0.6 is 0 Å². The van der Waals surface area contributed by atoms with Crippen LogP contribution in [0.2, 0.25) is 0 Å². The van der Waals surface area contributed by atoms with Gasteiger partial charge >= 0.3 is 29.8 Å². The van der Waals surface area contributed by atoms with Gasteiger partial charge in [-0.3, -0.25) is 67.1 Å². The molecule has 1 fully saturated rings. The molecule has 0 unspecified atom stereocenters. The fraction of sp³-hybridized carbons (Fsp3) is 0.667. The van der Waals surface area contributed by atoms with E-state index in [0.29, 0.717) is 36.9 Å². The van der Waals surface area contributed by atoms with Gasteiger partial charge in [0.1, 0.15) is 46.8 Å². The number of carboxylic acid groups (broad SMARTS) is 2. The third-order valence-corrected chi connectivity index (χ3v) is 14.3. The molecule has 0 aliphatic carbocycles. The van der Waals surface area contributed by atoms with Crippen molar-refractivity contribution < 1.29 is 134 Å². The number of carbonyl (C=O) groups is 14. The maximum Gasteiger partial charge on any atom is 0.308 e. The number of aryl methyl sites for hydroxylation is 3. The van der Waals surface area contributed by atoms with E-state index in [0.717, 1.165) is 7.11 Å². The van der Waals surface area contributed by atoms with Gasteiger partial charge in [0.2, 0.25) is 5.91 Å². The Kier molecular flexibility index (Phi) is 50.4. The second-order valence-electron chi connectivity index (χ2n) is 25.2. The first-order chi connectivity index (χ1) is 48.5. The number of epoxide rings is 1. The molecule has 10 atom stereocenters. The van der Waals surface area contributed by atoms with Crippen LogP contribution < -0.4 is 21.3 Å². The van der Waals surface area contributed by atoms with Gasteiger partial charge < -0.3 is 88.1 Å². The third-order valence-electron chi connectivity index (χ3n) is 14.3. The summed E-state index contributed by atoms with van der Waals surface area (Å²) >= 11 is 0. The van der Waals surface area contributed by atoms with E-state index < -0.39 is 94.8 Å². The topological polar surface area (TPSA) is 503 Å². The summed E-state index contributed by atoms with van der Waals surface area (Å²) in [7, 11) is 10.7. The quantitative estimate of drug-likeness (QED) is 0.0240. The monoisotopic (exact) mass is 1490 g/mol. The van der Waals surface area contributed by atoms with E-state index >= 15 is 0 Å². The molecule has 4 rings (SSSR count). The number of hydrogen-bond acceptors (Lipinski definition) is 29. The van der Waals surface area contributed by atoms with Gasteiger partial charge in [0.25, 0.3) is 17.7 Å². The molecule has 3 aromatic heterocycles. The van der Waals surface area contributed by atoms with Crippen LogP contribution in [0.15, 0.2) is 31.8 Å². The lowest BCUT2D eigenvalue weighted by atomic mass is 9.92. The smallest absolute Gasteiger partial charge is 0.308 e. The van der Waals surface area contributed by atoms with Crippen LogP contribution in [0.3, 0.4) is 0 Å². The highest BCUT2D eigenvalue weighted by Crippen LogP contribution is 2.30. The normalized spacial score (nSPS) is 15.0. The van der Waals surface area contributed by atoms with Crippen molar-refractivity contribution in [3.8, 4) is 0 Å². The van der Waals surface area contributed by atoms with Gasteiger partial charge in [0.15, 0.2) is 40.2 Å². The number of nitrogens with zero attached hydrogens (tertiary/aromatic N) is 3. The molecule has 0 spiro atoms. The van der Waals surface area contributed by atoms with E-state index in [2.05, 4.69) is 50.9 Å². The number of carbonyl (C=O) groups excluding carboxylic acids is 12. The molecule has 590 valence electrons. The number of methoxy groups -OCH3 is 7. The largest absolute Gasteiger partial charge is 0.481 e. The summed E-state index contributed by atoms with van der Waals surface area (Å²) in [6, 6.07) is 0.909. The number of ether oxygens (including phenoxy) is 8. The van der Waals surface area contributed by atoms with E-state index in [-0.39, 0.29) is 127 Å². The number of rotatable bonds is 37. The third kappa shape index (κ3) is 40.7. The first-order valence-corrected chi connectivity index (χ1v) is 33.0. The van der Waals surface area contributed by atoms with E-state index in [1.165, 1.54) is 67.8 Å². The van der Waals surface area contributed by atoms with E-state index in [1.54, 1.807) is 90.2 Å². The minimum Gasteiger partial charge on any atom is -0.481 e. The maximum atomic E-state index is 12.8. The van der Waals surface area contributed by atoms with Gasteiger partial charge in [-0.2, -0.15) is 0 Å². The molecule has 1 aliphatic rings. The number of Topliss-reactive ketones (excluding diaryl/α,β-unsaturated/α-hetero) is 5. The average Bonchev–Trinajstić information content (AvgIpc) is 1.64. The van der Waals surface area contributed by atoms with Crippen molar-refractivity contribution in [3.05, 3.63) is 52.6 Å². The second-order valence-corrected chi connectivity index (χ2v) is 25.2. The lowest BCUT2D eigenvalue weighted by Gasteiger charge is -2.24. The molecule has 3 aromatic rings. The van der Waals surface area contributed by atoms with Gasteiger partial charge in [-0.15, -0.1) is 0 Å². The number of nitrogens with one attached hydrogen (secondary N) is 4. The summed E-state index contributed by atoms with van der Waals surface area (Å²) in [5.74, 6) is -7.42. The Bertz CT molecular complexity index is 3170. The lowest BCUT2D eigenvalue weighted by Crippen LogP contribution is -2.49. The number of ketones is 5. The number of hydrogen-bond donors (Lipinski definition) is 7. The van der Waals surface area contributed by atoms with Gasteiger partial charge in [-0.05, 0) is 40.0 Å². The summed E-state index contributed by atoms with van der Waals surface area (Å²) in [5, 5.41) is 44.9. The number of esters is 3. The minimum atomic E-state index is -1.07. The molecule has 35 nitrogen and oxygen atoms in total.